The van der Waals surface area contributed by atoms with Crippen LogP contribution in [0.15, 0.2) is 24.3 Å². The first-order chi connectivity index (χ1) is 11.2. The molecule has 1 saturated heterocycles. The summed E-state index contributed by atoms with van der Waals surface area (Å²) in [5.41, 5.74) is 0.969. The lowest BCUT2D eigenvalue weighted by Crippen LogP contribution is -2.32. The van der Waals surface area contributed by atoms with Gasteiger partial charge in [0, 0.05) is 30.8 Å². The maximum atomic E-state index is 12.4. The topological polar surface area (TPSA) is 86.7 Å². The fraction of sp³-hybridized carbons (Fsp3) is 0.500. The van der Waals surface area contributed by atoms with E-state index in [1.165, 1.54) is 0 Å². The molecule has 1 unspecified atom stereocenters. The van der Waals surface area contributed by atoms with Crippen LogP contribution in [0.3, 0.4) is 0 Å². The van der Waals surface area contributed by atoms with E-state index in [4.69, 9.17) is 5.11 Å². The summed E-state index contributed by atoms with van der Waals surface area (Å²) in [6.07, 6.45) is 0.481. The standard InChI is InChI=1S/C18H24N2O4/c1-18(2,3)11-19-15(21)12-4-6-13(7-5-12)16(22)20-9-8-14(10-20)17(23)24/h4-7,14H,8-11H2,1-3H3,(H,19,21)(H,23,24). The maximum Gasteiger partial charge on any atom is 0.308 e. The third kappa shape index (κ3) is 4.57. The van der Waals surface area contributed by atoms with E-state index in [1.54, 1.807) is 29.2 Å². The molecular formula is C18H24N2O4. The van der Waals surface area contributed by atoms with E-state index in [0.29, 0.717) is 30.6 Å². The highest BCUT2D eigenvalue weighted by Crippen LogP contribution is 2.19. The Bertz CT molecular complexity index is 631. The number of hydrogen-bond donors (Lipinski definition) is 2. The lowest BCUT2D eigenvalue weighted by molar-refractivity contribution is -0.141. The van der Waals surface area contributed by atoms with Crippen molar-refractivity contribution in [1.82, 2.24) is 10.2 Å². The largest absolute Gasteiger partial charge is 0.481 e. The maximum absolute atomic E-state index is 12.4. The molecule has 1 aromatic rings. The van der Waals surface area contributed by atoms with E-state index in [1.807, 2.05) is 20.8 Å². The van der Waals surface area contributed by atoms with Crippen molar-refractivity contribution in [2.75, 3.05) is 19.6 Å². The number of carbonyl (C=O) groups excluding carboxylic acids is 2. The normalized spacial score (nSPS) is 17.6. The predicted octanol–water partition coefficient (Wildman–Crippen LogP) is 2.01. The predicted molar refractivity (Wildman–Crippen MR) is 89.9 cm³/mol. The summed E-state index contributed by atoms with van der Waals surface area (Å²) in [6, 6.07) is 6.47. The number of rotatable bonds is 4. The summed E-state index contributed by atoms with van der Waals surface area (Å²) in [6.45, 7) is 7.36. The second-order valence-electron chi connectivity index (χ2n) is 7.40. The summed E-state index contributed by atoms with van der Waals surface area (Å²) in [7, 11) is 0. The van der Waals surface area contributed by atoms with Crippen LogP contribution in [0.4, 0.5) is 0 Å². The van der Waals surface area contributed by atoms with Crippen molar-refractivity contribution in [2.45, 2.75) is 27.2 Å². The van der Waals surface area contributed by atoms with Crippen molar-refractivity contribution in [3.63, 3.8) is 0 Å². The van der Waals surface area contributed by atoms with Crippen molar-refractivity contribution in [2.24, 2.45) is 11.3 Å². The average Bonchev–Trinajstić information content (AvgIpc) is 3.01. The van der Waals surface area contributed by atoms with E-state index in [-0.39, 0.29) is 23.8 Å². The van der Waals surface area contributed by atoms with Gasteiger partial charge in [0.25, 0.3) is 11.8 Å². The first-order valence-corrected chi connectivity index (χ1v) is 8.08. The Morgan fingerprint density at radius 3 is 2.25 bits per heavy atom. The number of carbonyl (C=O) groups is 3. The Morgan fingerprint density at radius 2 is 1.75 bits per heavy atom. The SMILES string of the molecule is CC(C)(C)CNC(=O)c1ccc(C(=O)N2CCC(C(=O)O)C2)cc1. The molecule has 1 aliphatic heterocycles. The zero-order chi connectivity index (χ0) is 17.9. The Hall–Kier alpha value is -2.37. The van der Waals surface area contributed by atoms with Crippen molar-refractivity contribution < 1.29 is 19.5 Å². The quantitative estimate of drug-likeness (QED) is 0.883. The van der Waals surface area contributed by atoms with Gasteiger partial charge >= 0.3 is 5.97 Å². The van der Waals surface area contributed by atoms with Crippen LogP contribution in [0.2, 0.25) is 0 Å². The second kappa shape index (κ2) is 7.03. The minimum atomic E-state index is -0.865. The summed E-state index contributed by atoms with van der Waals surface area (Å²) in [5.74, 6) is -1.72. The molecule has 1 fully saturated rings. The molecule has 1 atom stereocenters. The van der Waals surface area contributed by atoms with Crippen LogP contribution in [-0.4, -0.2) is 47.4 Å². The fourth-order valence-electron chi connectivity index (χ4n) is 2.54. The molecule has 0 radical (unpaired) electrons. The summed E-state index contributed by atoms with van der Waals surface area (Å²) in [4.78, 5) is 37.0. The van der Waals surface area contributed by atoms with Gasteiger partial charge in [0.2, 0.25) is 0 Å². The van der Waals surface area contributed by atoms with Gasteiger partial charge in [-0.3, -0.25) is 14.4 Å². The highest BCUT2D eigenvalue weighted by molar-refractivity contribution is 5.98. The van der Waals surface area contributed by atoms with Crippen molar-refractivity contribution >= 4 is 17.8 Å². The number of likely N-dealkylation sites (tertiary alicyclic amines) is 1. The third-order valence-corrected chi connectivity index (χ3v) is 4.00. The van der Waals surface area contributed by atoms with E-state index in [9.17, 15) is 14.4 Å². The van der Waals surface area contributed by atoms with Gasteiger partial charge in [-0.2, -0.15) is 0 Å². The van der Waals surface area contributed by atoms with Gasteiger partial charge in [-0.15, -0.1) is 0 Å². The Morgan fingerprint density at radius 1 is 1.17 bits per heavy atom. The molecule has 2 rings (SSSR count). The van der Waals surface area contributed by atoms with Crippen LogP contribution in [0, 0.1) is 11.3 Å². The highest BCUT2D eigenvalue weighted by atomic mass is 16.4. The number of hydrogen-bond acceptors (Lipinski definition) is 3. The monoisotopic (exact) mass is 332 g/mol. The molecule has 1 aliphatic rings. The van der Waals surface area contributed by atoms with Gasteiger partial charge in [-0.1, -0.05) is 20.8 Å². The van der Waals surface area contributed by atoms with Gasteiger partial charge in [0.15, 0.2) is 0 Å². The van der Waals surface area contributed by atoms with Crippen molar-refractivity contribution in [3.8, 4) is 0 Å². The van der Waals surface area contributed by atoms with Crippen LogP contribution in [0.25, 0.3) is 0 Å². The molecule has 0 saturated carbocycles. The number of nitrogens with one attached hydrogen (secondary N) is 1. The third-order valence-electron chi connectivity index (χ3n) is 4.00. The molecule has 0 bridgehead atoms. The average molecular weight is 332 g/mol. The molecule has 0 spiro atoms. The highest BCUT2D eigenvalue weighted by Gasteiger charge is 2.31. The molecular weight excluding hydrogens is 308 g/mol. The van der Waals surface area contributed by atoms with E-state index >= 15 is 0 Å². The molecule has 24 heavy (non-hydrogen) atoms. The number of carboxylic acids is 1. The Balaban J connectivity index is 1.98. The molecule has 1 heterocycles. The summed E-state index contributed by atoms with van der Waals surface area (Å²) >= 11 is 0. The van der Waals surface area contributed by atoms with E-state index < -0.39 is 11.9 Å². The minimum Gasteiger partial charge on any atom is -0.481 e. The molecule has 0 aliphatic carbocycles. The van der Waals surface area contributed by atoms with Crippen molar-refractivity contribution in [1.29, 1.82) is 0 Å². The van der Waals surface area contributed by atoms with Crippen molar-refractivity contribution in [3.05, 3.63) is 35.4 Å². The lowest BCUT2D eigenvalue weighted by atomic mass is 9.97. The first-order valence-electron chi connectivity index (χ1n) is 8.08. The summed E-state index contributed by atoms with van der Waals surface area (Å²) < 4.78 is 0. The Labute approximate surface area is 141 Å². The summed E-state index contributed by atoms with van der Waals surface area (Å²) in [5, 5.41) is 11.9. The van der Waals surface area contributed by atoms with E-state index in [0.717, 1.165) is 0 Å². The minimum absolute atomic E-state index is 0.00199. The van der Waals surface area contributed by atoms with Gasteiger partial charge < -0.3 is 15.3 Å². The smallest absolute Gasteiger partial charge is 0.308 e. The molecule has 6 heteroatoms. The van der Waals surface area contributed by atoms with Crippen LogP contribution < -0.4 is 5.32 Å². The Kier molecular flexibility index (Phi) is 5.26. The lowest BCUT2D eigenvalue weighted by Gasteiger charge is -2.19. The number of carboxylic acid groups (broad SMARTS) is 1. The number of amides is 2. The fourth-order valence-corrected chi connectivity index (χ4v) is 2.54. The van der Waals surface area contributed by atoms with Crippen LogP contribution >= 0.6 is 0 Å². The molecule has 1 aromatic carbocycles. The molecule has 2 amide bonds. The van der Waals surface area contributed by atoms with E-state index in [2.05, 4.69) is 5.32 Å². The second-order valence-corrected chi connectivity index (χ2v) is 7.40. The van der Waals surface area contributed by atoms with Crippen LogP contribution in [0.5, 0.6) is 0 Å². The zero-order valence-electron chi connectivity index (χ0n) is 14.3. The number of benzene rings is 1. The van der Waals surface area contributed by atoms with Crippen LogP contribution in [-0.2, 0) is 4.79 Å². The number of aliphatic carboxylic acids is 1. The molecule has 6 nitrogen and oxygen atoms in total. The van der Waals surface area contributed by atoms with Gasteiger partial charge in [0.05, 0.1) is 5.92 Å². The molecule has 0 aromatic heterocycles. The number of nitrogens with zero attached hydrogens (tertiary/aromatic N) is 1. The zero-order valence-corrected chi connectivity index (χ0v) is 14.3. The molecule has 130 valence electrons. The van der Waals surface area contributed by atoms with Gasteiger partial charge in [0.1, 0.15) is 0 Å². The first kappa shape index (κ1) is 18.0. The molecule has 2 N–H and O–H groups in total. The van der Waals surface area contributed by atoms with Gasteiger partial charge in [-0.25, -0.2) is 0 Å². The van der Waals surface area contributed by atoms with Gasteiger partial charge in [-0.05, 0) is 36.1 Å². The van der Waals surface area contributed by atoms with Crippen LogP contribution in [0.1, 0.15) is 47.9 Å².